The molecule has 2 atom stereocenters. The number of nitrogens with zero attached hydrogens (tertiary/aromatic N) is 1. The molecular weight excluding hydrogens is 539 g/mol. The number of nitrogens with one attached hydrogen (secondary N) is 1. The molecule has 1 aromatic carbocycles. The van der Waals surface area contributed by atoms with Crippen LogP contribution in [0.1, 0.15) is 74.8 Å². The molecule has 0 spiro atoms. The lowest BCUT2D eigenvalue weighted by atomic mass is 9.85. The molecule has 0 saturated carbocycles. The predicted molar refractivity (Wildman–Crippen MR) is 167 cm³/mol. The van der Waals surface area contributed by atoms with Gasteiger partial charge in [-0.1, -0.05) is 86.7 Å². The molecule has 0 aliphatic heterocycles. The van der Waals surface area contributed by atoms with Crippen LogP contribution in [0.5, 0.6) is 0 Å². The normalized spacial score (nSPS) is 15.2. The van der Waals surface area contributed by atoms with E-state index >= 15 is 0 Å². The number of rotatable bonds is 13. The SMILES string of the molecule is C=C/C(=C\C=C(/C)C(Cc1ccc(C(=O)NCCS(=O)O)cc1)c1cc(C(/C=C/C)=C(F)/C=C\C)on1)C(C)(C)C. The van der Waals surface area contributed by atoms with Gasteiger partial charge in [-0.25, -0.2) is 8.60 Å². The zero-order valence-corrected chi connectivity index (χ0v) is 25.6. The molecule has 41 heavy (non-hydrogen) atoms. The van der Waals surface area contributed by atoms with Crippen LogP contribution in [0.2, 0.25) is 0 Å². The van der Waals surface area contributed by atoms with Gasteiger partial charge in [0.15, 0.2) is 16.8 Å². The fourth-order valence-electron chi connectivity index (χ4n) is 4.10. The summed E-state index contributed by atoms with van der Waals surface area (Å²) < 4.78 is 40.2. The number of halogens is 1. The molecule has 8 heteroatoms. The smallest absolute Gasteiger partial charge is 0.251 e. The summed E-state index contributed by atoms with van der Waals surface area (Å²) in [6, 6.07) is 8.96. The van der Waals surface area contributed by atoms with Crippen molar-refractivity contribution in [2.45, 2.75) is 53.9 Å². The number of carbonyl (C=O) groups excluding carboxylic acids is 1. The van der Waals surface area contributed by atoms with Crippen LogP contribution in [0.15, 0.2) is 101 Å². The van der Waals surface area contributed by atoms with Gasteiger partial charge in [-0.15, -0.1) is 0 Å². The fourth-order valence-corrected chi connectivity index (χ4v) is 4.38. The Morgan fingerprint density at radius 2 is 1.83 bits per heavy atom. The molecular formula is C33H41FN2O4S. The largest absolute Gasteiger partial charge is 0.356 e. The summed E-state index contributed by atoms with van der Waals surface area (Å²) in [5.41, 5.74) is 4.43. The van der Waals surface area contributed by atoms with E-state index in [1.54, 1.807) is 43.4 Å². The number of carbonyl (C=O) groups is 1. The Labute approximate surface area is 245 Å². The van der Waals surface area contributed by atoms with Gasteiger partial charge < -0.3 is 14.4 Å². The first kappa shape index (κ1) is 33.6. The average molecular weight is 581 g/mol. The van der Waals surface area contributed by atoms with E-state index in [1.807, 2.05) is 32.1 Å². The maximum absolute atomic E-state index is 14.8. The number of hydrogen-bond acceptors (Lipinski definition) is 4. The molecule has 0 fully saturated rings. The summed E-state index contributed by atoms with van der Waals surface area (Å²) in [6.07, 6.45) is 12.9. The van der Waals surface area contributed by atoms with Crippen LogP contribution in [0.4, 0.5) is 4.39 Å². The lowest BCUT2D eigenvalue weighted by Gasteiger charge is -2.20. The molecule has 2 rings (SSSR count). The van der Waals surface area contributed by atoms with Crippen LogP contribution in [0.25, 0.3) is 5.57 Å². The lowest BCUT2D eigenvalue weighted by Crippen LogP contribution is -2.27. The molecule has 1 aromatic heterocycles. The van der Waals surface area contributed by atoms with Gasteiger partial charge in [-0.2, -0.15) is 0 Å². The van der Waals surface area contributed by atoms with Crippen molar-refractivity contribution in [3.63, 3.8) is 0 Å². The maximum atomic E-state index is 14.8. The topological polar surface area (TPSA) is 92.4 Å². The first-order valence-electron chi connectivity index (χ1n) is 13.5. The van der Waals surface area contributed by atoms with Crippen LogP contribution < -0.4 is 5.32 Å². The van der Waals surface area contributed by atoms with Gasteiger partial charge in [0.1, 0.15) is 5.83 Å². The molecule has 0 radical (unpaired) electrons. The molecule has 220 valence electrons. The van der Waals surface area contributed by atoms with Gasteiger partial charge in [-0.05, 0) is 62.0 Å². The Hall–Kier alpha value is -3.62. The van der Waals surface area contributed by atoms with Gasteiger partial charge in [0, 0.05) is 24.1 Å². The summed E-state index contributed by atoms with van der Waals surface area (Å²) in [5.74, 6) is -0.617. The Morgan fingerprint density at radius 1 is 1.17 bits per heavy atom. The Bertz CT molecular complexity index is 1370. The maximum Gasteiger partial charge on any atom is 0.251 e. The average Bonchev–Trinajstić information content (AvgIpc) is 3.39. The van der Waals surface area contributed by atoms with Crippen LogP contribution in [-0.2, 0) is 17.5 Å². The summed E-state index contributed by atoms with van der Waals surface area (Å²) in [5, 5.41) is 6.98. The number of aromatic nitrogens is 1. The molecule has 0 aliphatic carbocycles. The molecule has 2 N–H and O–H groups in total. The van der Waals surface area contributed by atoms with Crippen LogP contribution in [0, 0.1) is 5.41 Å². The summed E-state index contributed by atoms with van der Waals surface area (Å²) >= 11 is -1.96. The number of benzene rings is 1. The summed E-state index contributed by atoms with van der Waals surface area (Å²) in [7, 11) is 0. The van der Waals surface area contributed by atoms with Gasteiger partial charge in [0.25, 0.3) is 5.91 Å². The monoisotopic (exact) mass is 580 g/mol. The Morgan fingerprint density at radius 3 is 2.39 bits per heavy atom. The van der Waals surface area contributed by atoms with Crippen molar-refractivity contribution in [1.82, 2.24) is 10.5 Å². The number of amides is 1. The predicted octanol–water partition coefficient (Wildman–Crippen LogP) is 7.89. The third-order valence-corrected chi connectivity index (χ3v) is 6.99. The lowest BCUT2D eigenvalue weighted by molar-refractivity contribution is 0.0956. The second kappa shape index (κ2) is 16.0. The van der Waals surface area contributed by atoms with Crippen molar-refractivity contribution in [3.05, 3.63) is 119 Å². The number of hydrogen-bond donors (Lipinski definition) is 2. The van der Waals surface area contributed by atoms with Crippen molar-refractivity contribution >= 4 is 22.6 Å². The molecule has 1 heterocycles. The third-order valence-electron chi connectivity index (χ3n) is 6.43. The molecule has 6 nitrogen and oxygen atoms in total. The van der Waals surface area contributed by atoms with Gasteiger partial charge in [0.2, 0.25) is 0 Å². The third kappa shape index (κ3) is 10.4. The van der Waals surface area contributed by atoms with E-state index in [-0.39, 0.29) is 29.5 Å². The zero-order chi connectivity index (χ0) is 30.6. The second-order valence-corrected chi connectivity index (χ2v) is 11.7. The summed E-state index contributed by atoms with van der Waals surface area (Å²) in [4.78, 5) is 12.4. The van der Waals surface area contributed by atoms with E-state index in [4.69, 9.17) is 9.08 Å². The van der Waals surface area contributed by atoms with E-state index in [9.17, 15) is 13.4 Å². The van der Waals surface area contributed by atoms with Gasteiger partial charge >= 0.3 is 0 Å². The van der Waals surface area contributed by atoms with Crippen molar-refractivity contribution in [3.8, 4) is 0 Å². The molecule has 2 unspecified atom stereocenters. The van der Waals surface area contributed by atoms with Crippen molar-refractivity contribution in [2.24, 2.45) is 5.41 Å². The minimum atomic E-state index is -1.96. The highest BCUT2D eigenvalue weighted by Crippen LogP contribution is 2.33. The second-order valence-electron chi connectivity index (χ2n) is 10.6. The minimum absolute atomic E-state index is 0.0301. The van der Waals surface area contributed by atoms with Gasteiger partial charge in [-0.3, -0.25) is 4.79 Å². The highest BCUT2D eigenvalue weighted by atomic mass is 32.2. The van der Waals surface area contributed by atoms with Crippen LogP contribution in [-0.4, -0.2) is 32.1 Å². The van der Waals surface area contributed by atoms with E-state index < -0.39 is 16.9 Å². The van der Waals surface area contributed by atoms with E-state index in [2.05, 4.69) is 50.0 Å². The summed E-state index contributed by atoms with van der Waals surface area (Å²) in [6.45, 7) is 16.0. The van der Waals surface area contributed by atoms with Crippen LogP contribution in [0.3, 0.4) is 0 Å². The highest BCUT2D eigenvalue weighted by molar-refractivity contribution is 7.79. The zero-order valence-electron chi connectivity index (χ0n) is 24.7. The highest BCUT2D eigenvalue weighted by Gasteiger charge is 2.22. The van der Waals surface area contributed by atoms with Crippen molar-refractivity contribution in [2.75, 3.05) is 12.3 Å². The Kier molecular flexibility index (Phi) is 13.1. The Balaban J connectivity index is 2.47. The van der Waals surface area contributed by atoms with Crippen molar-refractivity contribution < 1.29 is 22.5 Å². The molecule has 2 aromatic rings. The molecule has 0 aliphatic rings. The fraction of sp³-hybridized carbons (Fsp3) is 0.333. The minimum Gasteiger partial charge on any atom is -0.356 e. The molecule has 0 bridgehead atoms. The van der Waals surface area contributed by atoms with Gasteiger partial charge in [0.05, 0.1) is 17.0 Å². The van der Waals surface area contributed by atoms with Crippen molar-refractivity contribution in [1.29, 1.82) is 0 Å². The first-order chi connectivity index (χ1) is 19.4. The van der Waals surface area contributed by atoms with E-state index in [0.717, 1.165) is 16.7 Å². The number of allylic oxidation sites excluding steroid dienone is 11. The molecule has 0 saturated heterocycles. The van der Waals surface area contributed by atoms with Crippen LogP contribution >= 0.6 is 0 Å². The molecule has 1 amide bonds. The van der Waals surface area contributed by atoms with E-state index in [1.165, 1.54) is 6.08 Å². The quantitative estimate of drug-likeness (QED) is 0.186. The van der Waals surface area contributed by atoms with E-state index in [0.29, 0.717) is 29.0 Å². The standard InChI is InChI=1S/C33H41FN2O4S/c1-8-11-27(29(34)12-9-2)31-22-30(36-40-31)28(23(4)13-18-26(10-3)33(5,6)7)21-24-14-16-25(17-15-24)32(37)35-19-20-41(38)39/h8-18,22,28H,3,19-21H2,1-2,4-7H3,(H,35,37)(H,38,39)/b11-8+,12-9-,23-13+,26-18+,29-27-. The first-order valence-corrected chi connectivity index (χ1v) is 14.8.